The number of halogens is 2. The molecule has 0 bridgehead atoms. The maximum absolute atomic E-state index is 13.4. The van der Waals surface area contributed by atoms with Crippen molar-refractivity contribution in [1.29, 1.82) is 0 Å². The van der Waals surface area contributed by atoms with Gasteiger partial charge in [-0.2, -0.15) is 0 Å². The molecule has 10 heteroatoms. The number of carbonyl (C=O) groups excluding carboxylic acids is 1. The number of benzene rings is 3. The molecular formula is C23H22Cl2N2O5S. The van der Waals surface area contributed by atoms with Crippen LogP contribution in [0.4, 0.5) is 11.4 Å². The zero-order valence-electron chi connectivity index (χ0n) is 18.1. The smallest absolute Gasteiger partial charge is 0.265 e. The number of nitrogens with zero attached hydrogens (tertiary/aromatic N) is 1. The average molecular weight is 509 g/mol. The van der Waals surface area contributed by atoms with Crippen molar-refractivity contribution in [2.45, 2.75) is 11.8 Å². The third-order valence-corrected chi connectivity index (χ3v) is 7.49. The van der Waals surface area contributed by atoms with E-state index >= 15 is 0 Å². The van der Waals surface area contributed by atoms with Gasteiger partial charge in [-0.15, -0.1) is 0 Å². The van der Waals surface area contributed by atoms with E-state index in [9.17, 15) is 13.2 Å². The second-order valence-electron chi connectivity index (χ2n) is 6.79. The zero-order valence-corrected chi connectivity index (χ0v) is 20.5. The third kappa shape index (κ3) is 5.19. The molecule has 0 aliphatic carbocycles. The molecule has 1 N–H and O–H groups in total. The Hall–Kier alpha value is -2.94. The molecule has 0 radical (unpaired) electrons. The maximum atomic E-state index is 13.4. The van der Waals surface area contributed by atoms with E-state index in [1.165, 1.54) is 30.7 Å². The Bertz CT molecular complexity index is 1270. The summed E-state index contributed by atoms with van der Waals surface area (Å²) in [5.41, 5.74) is 0.841. The highest BCUT2D eigenvalue weighted by molar-refractivity contribution is 7.93. The highest BCUT2D eigenvalue weighted by Gasteiger charge is 2.28. The van der Waals surface area contributed by atoms with Gasteiger partial charge in [-0.05, 0) is 43.3 Å². The van der Waals surface area contributed by atoms with Gasteiger partial charge < -0.3 is 14.8 Å². The van der Waals surface area contributed by atoms with Crippen LogP contribution < -0.4 is 19.1 Å². The second kappa shape index (κ2) is 10.3. The third-order valence-electron chi connectivity index (χ3n) is 4.81. The predicted octanol–water partition coefficient (Wildman–Crippen LogP) is 5.48. The SMILES string of the molecule is CCN(c1ccccc1)S(=O)(=O)c1cc(C(=O)Nc2ccc(OC)c(OC)c2)c(Cl)cc1Cl. The first kappa shape index (κ1) is 24.7. The molecule has 3 aromatic rings. The van der Waals surface area contributed by atoms with E-state index in [-0.39, 0.29) is 27.0 Å². The molecule has 0 unspecified atom stereocenters. The lowest BCUT2D eigenvalue weighted by Gasteiger charge is -2.24. The lowest BCUT2D eigenvalue weighted by molar-refractivity contribution is 0.102. The second-order valence-corrected chi connectivity index (χ2v) is 9.44. The number of nitrogens with one attached hydrogen (secondary N) is 1. The number of ether oxygens (including phenoxy) is 2. The van der Waals surface area contributed by atoms with Crippen molar-refractivity contribution < 1.29 is 22.7 Å². The van der Waals surface area contributed by atoms with Gasteiger partial charge in [-0.25, -0.2) is 8.42 Å². The minimum absolute atomic E-state index is 0.0136. The Morgan fingerprint density at radius 2 is 1.61 bits per heavy atom. The van der Waals surface area contributed by atoms with Gasteiger partial charge >= 0.3 is 0 Å². The average Bonchev–Trinajstić information content (AvgIpc) is 2.79. The molecule has 0 spiro atoms. The molecule has 3 aromatic carbocycles. The molecule has 0 saturated carbocycles. The van der Waals surface area contributed by atoms with Crippen LogP contribution in [0, 0.1) is 0 Å². The quantitative estimate of drug-likeness (QED) is 0.435. The minimum atomic E-state index is -4.07. The van der Waals surface area contributed by atoms with Crippen LogP contribution in [0.3, 0.4) is 0 Å². The van der Waals surface area contributed by atoms with Crippen LogP contribution in [-0.2, 0) is 10.0 Å². The van der Waals surface area contributed by atoms with E-state index in [1.54, 1.807) is 55.5 Å². The Labute approximate surface area is 202 Å². The van der Waals surface area contributed by atoms with Crippen LogP contribution in [0.1, 0.15) is 17.3 Å². The van der Waals surface area contributed by atoms with Gasteiger partial charge in [0.1, 0.15) is 4.90 Å². The summed E-state index contributed by atoms with van der Waals surface area (Å²) in [6, 6.07) is 15.9. The zero-order chi connectivity index (χ0) is 24.2. The number of methoxy groups -OCH3 is 2. The number of anilines is 2. The number of amides is 1. The maximum Gasteiger partial charge on any atom is 0.265 e. The van der Waals surface area contributed by atoms with Gasteiger partial charge in [0.05, 0.1) is 35.5 Å². The first-order valence-corrected chi connectivity index (χ1v) is 12.0. The number of hydrogen-bond acceptors (Lipinski definition) is 5. The fourth-order valence-corrected chi connectivity index (χ4v) is 5.53. The van der Waals surface area contributed by atoms with Gasteiger partial charge in [-0.1, -0.05) is 41.4 Å². The first-order valence-electron chi connectivity index (χ1n) is 9.83. The Morgan fingerprint density at radius 1 is 0.939 bits per heavy atom. The highest BCUT2D eigenvalue weighted by Crippen LogP contribution is 2.34. The number of carbonyl (C=O) groups is 1. The fourth-order valence-electron chi connectivity index (χ4n) is 3.22. The normalized spacial score (nSPS) is 11.1. The standard InChI is InChI=1S/C23H22Cl2N2O5S/c1-4-27(16-8-6-5-7-9-16)33(29,30)22-13-17(18(24)14-19(22)25)23(28)26-15-10-11-20(31-2)21(12-15)32-3/h5-14H,4H2,1-3H3,(H,26,28). The van der Waals surface area contributed by atoms with Crippen LogP contribution in [0.15, 0.2) is 65.6 Å². The monoisotopic (exact) mass is 508 g/mol. The molecule has 0 aromatic heterocycles. The highest BCUT2D eigenvalue weighted by atomic mass is 35.5. The molecule has 3 rings (SSSR count). The lowest BCUT2D eigenvalue weighted by Crippen LogP contribution is -2.31. The number of hydrogen-bond donors (Lipinski definition) is 1. The molecular weight excluding hydrogens is 487 g/mol. The number of para-hydroxylation sites is 1. The van der Waals surface area contributed by atoms with Crippen LogP contribution in [0.2, 0.25) is 10.0 Å². The van der Waals surface area contributed by atoms with Crippen LogP contribution in [0.25, 0.3) is 0 Å². The topological polar surface area (TPSA) is 84.9 Å². The fraction of sp³-hybridized carbons (Fsp3) is 0.174. The summed E-state index contributed by atoms with van der Waals surface area (Å²) >= 11 is 12.5. The Kier molecular flexibility index (Phi) is 7.73. The number of rotatable bonds is 8. The summed E-state index contributed by atoms with van der Waals surface area (Å²) in [5.74, 6) is 0.305. The van der Waals surface area contributed by atoms with Crippen molar-refractivity contribution >= 4 is 50.5 Å². The molecule has 0 aliphatic rings. The summed E-state index contributed by atoms with van der Waals surface area (Å²) in [6.07, 6.45) is 0. The van der Waals surface area contributed by atoms with Crippen LogP contribution in [-0.4, -0.2) is 35.1 Å². The van der Waals surface area contributed by atoms with Crippen molar-refractivity contribution in [2.24, 2.45) is 0 Å². The van der Waals surface area contributed by atoms with Gasteiger partial charge in [0.15, 0.2) is 11.5 Å². The van der Waals surface area contributed by atoms with Crippen molar-refractivity contribution in [3.8, 4) is 11.5 Å². The summed E-state index contributed by atoms with van der Waals surface area (Å²) < 4.78 is 38.5. The van der Waals surface area contributed by atoms with Gasteiger partial charge in [0.25, 0.3) is 15.9 Å². The van der Waals surface area contributed by atoms with E-state index in [0.29, 0.717) is 22.9 Å². The van der Waals surface area contributed by atoms with E-state index in [0.717, 1.165) is 0 Å². The molecule has 174 valence electrons. The van der Waals surface area contributed by atoms with Gasteiger partial charge in [-0.3, -0.25) is 9.10 Å². The molecule has 33 heavy (non-hydrogen) atoms. The number of sulfonamides is 1. The van der Waals surface area contributed by atoms with E-state index < -0.39 is 15.9 Å². The van der Waals surface area contributed by atoms with Gasteiger partial charge in [0, 0.05) is 18.3 Å². The van der Waals surface area contributed by atoms with Crippen molar-refractivity contribution in [3.63, 3.8) is 0 Å². The van der Waals surface area contributed by atoms with E-state index in [1.807, 2.05) is 0 Å². The van der Waals surface area contributed by atoms with Crippen molar-refractivity contribution in [3.05, 3.63) is 76.3 Å². The summed E-state index contributed by atoms with van der Waals surface area (Å²) in [6.45, 7) is 1.87. The van der Waals surface area contributed by atoms with Crippen LogP contribution >= 0.6 is 23.2 Å². The summed E-state index contributed by atoms with van der Waals surface area (Å²) in [7, 11) is -1.10. The molecule has 1 amide bonds. The minimum Gasteiger partial charge on any atom is -0.493 e. The Morgan fingerprint density at radius 3 is 2.21 bits per heavy atom. The first-order chi connectivity index (χ1) is 15.7. The molecule has 0 atom stereocenters. The lowest BCUT2D eigenvalue weighted by atomic mass is 10.2. The van der Waals surface area contributed by atoms with Crippen molar-refractivity contribution in [2.75, 3.05) is 30.4 Å². The van der Waals surface area contributed by atoms with E-state index in [2.05, 4.69) is 5.32 Å². The summed E-state index contributed by atoms with van der Waals surface area (Å²) in [5, 5.41) is 2.62. The Balaban J connectivity index is 2.00. The van der Waals surface area contributed by atoms with Gasteiger partial charge in [0.2, 0.25) is 0 Å². The van der Waals surface area contributed by atoms with Crippen LogP contribution in [0.5, 0.6) is 11.5 Å². The molecule has 0 saturated heterocycles. The van der Waals surface area contributed by atoms with Crippen molar-refractivity contribution in [1.82, 2.24) is 0 Å². The van der Waals surface area contributed by atoms with E-state index in [4.69, 9.17) is 32.7 Å². The predicted molar refractivity (Wildman–Crippen MR) is 131 cm³/mol. The molecule has 7 nitrogen and oxygen atoms in total. The summed E-state index contributed by atoms with van der Waals surface area (Å²) in [4.78, 5) is 12.7. The molecule has 0 aliphatic heterocycles. The molecule has 0 heterocycles. The largest absolute Gasteiger partial charge is 0.493 e. The molecule has 0 fully saturated rings.